The lowest BCUT2D eigenvalue weighted by Crippen LogP contribution is -2.39. The number of benzene rings is 1. The zero-order chi connectivity index (χ0) is 30.1. The molecule has 1 saturated heterocycles. The Kier molecular flexibility index (Phi) is 8.31. The van der Waals surface area contributed by atoms with Crippen molar-refractivity contribution >= 4 is 17.8 Å². The van der Waals surface area contributed by atoms with Crippen LogP contribution in [-0.2, 0) is 17.5 Å². The molecule has 0 spiro atoms. The van der Waals surface area contributed by atoms with Gasteiger partial charge in [-0.25, -0.2) is 13.9 Å². The molecule has 1 aliphatic heterocycles. The quantitative estimate of drug-likeness (QED) is 0.409. The molecule has 4 rings (SSSR count). The van der Waals surface area contributed by atoms with Crippen LogP contribution in [-0.4, -0.2) is 55.2 Å². The molecule has 0 bridgehead atoms. The first-order valence-electron chi connectivity index (χ1n) is 13.2. The van der Waals surface area contributed by atoms with E-state index in [0.717, 1.165) is 6.07 Å². The Morgan fingerprint density at radius 3 is 2.37 bits per heavy atom. The molecule has 0 radical (unpaired) electrons. The molecule has 222 valence electrons. The second-order valence-corrected chi connectivity index (χ2v) is 11.0. The van der Waals surface area contributed by atoms with Gasteiger partial charge < -0.3 is 21.1 Å². The van der Waals surface area contributed by atoms with E-state index in [4.69, 9.17) is 16.2 Å². The van der Waals surface area contributed by atoms with Crippen molar-refractivity contribution in [2.24, 2.45) is 5.73 Å². The lowest BCUT2D eigenvalue weighted by molar-refractivity contribution is -0.140. The number of primary amides is 1. The fraction of sp³-hybridized carbons (Fsp3) is 0.481. The monoisotopic (exact) mass is 579 g/mol. The van der Waals surface area contributed by atoms with Crippen LogP contribution in [0, 0.1) is 5.82 Å². The van der Waals surface area contributed by atoms with Crippen molar-refractivity contribution in [2.45, 2.75) is 70.8 Å². The van der Waals surface area contributed by atoms with E-state index in [-0.39, 0.29) is 41.3 Å². The molecule has 41 heavy (non-hydrogen) atoms. The lowest BCUT2D eigenvalue weighted by Gasteiger charge is -2.30. The molecule has 4 N–H and O–H groups in total. The number of hydrogen-bond acceptors (Lipinski definition) is 6. The van der Waals surface area contributed by atoms with E-state index >= 15 is 0 Å². The van der Waals surface area contributed by atoms with Crippen LogP contribution in [0.4, 0.5) is 28.2 Å². The fourth-order valence-electron chi connectivity index (χ4n) is 4.98. The Bertz CT molecular complexity index is 1420. The molecule has 2 amide bonds. The first-order valence-corrected chi connectivity index (χ1v) is 13.2. The average molecular weight is 580 g/mol. The Hall–Kier alpha value is -4.10. The summed E-state index contributed by atoms with van der Waals surface area (Å²) in [7, 11) is 0. The van der Waals surface area contributed by atoms with Gasteiger partial charge in [0, 0.05) is 24.8 Å². The van der Waals surface area contributed by atoms with Gasteiger partial charge in [-0.15, -0.1) is 0 Å². The minimum atomic E-state index is -4.88. The van der Waals surface area contributed by atoms with Gasteiger partial charge in [0.05, 0.1) is 24.3 Å². The van der Waals surface area contributed by atoms with Gasteiger partial charge in [-0.3, -0.25) is 9.48 Å². The third-order valence-electron chi connectivity index (χ3n) is 6.74. The maximum absolute atomic E-state index is 14.0. The van der Waals surface area contributed by atoms with Gasteiger partial charge in [-0.1, -0.05) is 12.1 Å². The summed E-state index contributed by atoms with van der Waals surface area (Å²) in [6.07, 6.45) is -0.0170. The molecule has 3 heterocycles. The number of carbonyl (C=O) groups excluding carboxylic acids is 2. The third-order valence-corrected chi connectivity index (χ3v) is 6.74. The van der Waals surface area contributed by atoms with Crippen LogP contribution in [0.15, 0.2) is 30.6 Å². The fourth-order valence-corrected chi connectivity index (χ4v) is 4.98. The number of amides is 2. The molecule has 0 atom stereocenters. The molecule has 2 aromatic heterocycles. The number of carbonyl (C=O) groups is 2. The van der Waals surface area contributed by atoms with E-state index in [2.05, 4.69) is 10.2 Å². The zero-order valence-corrected chi connectivity index (χ0v) is 23.0. The molecular formula is C27H33F4N7O3. The second-order valence-electron chi connectivity index (χ2n) is 11.0. The van der Waals surface area contributed by atoms with Crippen LogP contribution in [0.5, 0.6) is 0 Å². The second kappa shape index (κ2) is 11.4. The minimum absolute atomic E-state index is 0.0243. The van der Waals surface area contributed by atoms with E-state index in [1.807, 2.05) is 20.8 Å². The molecule has 14 heteroatoms. The van der Waals surface area contributed by atoms with Gasteiger partial charge in [0.15, 0.2) is 0 Å². The summed E-state index contributed by atoms with van der Waals surface area (Å²) in [5, 5.41) is 8.69. The summed E-state index contributed by atoms with van der Waals surface area (Å²) in [5.41, 5.74) is 10.2. The van der Waals surface area contributed by atoms with Gasteiger partial charge in [0.25, 0.3) is 5.91 Å². The molecule has 0 aliphatic carbocycles. The number of nitrogens with two attached hydrogens (primary N) is 2. The Morgan fingerprint density at radius 2 is 1.78 bits per heavy atom. The number of nitrogens with zero attached hydrogens (tertiary/aromatic N) is 5. The van der Waals surface area contributed by atoms with Crippen LogP contribution in [0.25, 0.3) is 11.3 Å². The number of nitrogen functional groups attached to an aromatic ring is 1. The lowest BCUT2D eigenvalue weighted by atomic mass is 10.0. The molecule has 0 unspecified atom stereocenters. The normalized spacial score (nSPS) is 15.4. The van der Waals surface area contributed by atoms with E-state index in [0.29, 0.717) is 44.3 Å². The highest BCUT2D eigenvalue weighted by Crippen LogP contribution is 2.35. The third kappa shape index (κ3) is 6.80. The van der Waals surface area contributed by atoms with Crippen molar-refractivity contribution in [2.75, 3.05) is 18.8 Å². The standard InChI is InChI=1S/C27H33F4N7O3/c1-26(2,3)41-25(40)36-11-5-8-18(9-6-12-36)38-23(32)20(24(33)39)22(35-38)17-13-34-37(15-17)14-16-7-4-10-19(28)21(16)27(29,30)31/h4,7,10,13,15,18H,5-6,8-9,11-12,14,32H2,1-3H3,(H2,33,39). The topological polar surface area (TPSA) is 134 Å². The number of hydrogen-bond donors (Lipinski definition) is 2. The van der Waals surface area contributed by atoms with Gasteiger partial charge in [-0.2, -0.15) is 23.4 Å². The largest absolute Gasteiger partial charge is 0.444 e. The Morgan fingerprint density at radius 1 is 1.12 bits per heavy atom. The van der Waals surface area contributed by atoms with Gasteiger partial charge in [0.2, 0.25) is 0 Å². The Balaban J connectivity index is 1.56. The van der Waals surface area contributed by atoms with Gasteiger partial charge >= 0.3 is 12.3 Å². The van der Waals surface area contributed by atoms with Crippen LogP contribution in [0.1, 0.15) is 74.0 Å². The Labute approximate surface area is 234 Å². The highest BCUT2D eigenvalue weighted by molar-refractivity contribution is 6.03. The van der Waals surface area contributed by atoms with Crippen LogP contribution < -0.4 is 11.5 Å². The van der Waals surface area contributed by atoms with E-state index in [1.165, 1.54) is 29.2 Å². The van der Waals surface area contributed by atoms with Crippen molar-refractivity contribution < 1.29 is 31.9 Å². The SMILES string of the molecule is CC(C)(C)OC(=O)N1CCCC(n2nc(-c3cnn(Cc4cccc(F)c4C(F)(F)F)c3)c(C(N)=O)c2N)CCC1. The molecule has 10 nitrogen and oxygen atoms in total. The maximum Gasteiger partial charge on any atom is 0.419 e. The zero-order valence-electron chi connectivity index (χ0n) is 23.0. The molecule has 1 aliphatic rings. The molecular weight excluding hydrogens is 546 g/mol. The first-order chi connectivity index (χ1) is 19.2. The van der Waals surface area contributed by atoms with E-state index in [1.54, 1.807) is 9.58 Å². The highest BCUT2D eigenvalue weighted by atomic mass is 19.4. The number of halogens is 4. The summed E-state index contributed by atoms with van der Waals surface area (Å²) in [5.74, 6) is -2.12. The predicted octanol–water partition coefficient (Wildman–Crippen LogP) is 4.99. The average Bonchev–Trinajstić information content (AvgIpc) is 3.41. The van der Waals surface area contributed by atoms with Crippen molar-refractivity contribution in [1.82, 2.24) is 24.5 Å². The predicted molar refractivity (Wildman–Crippen MR) is 142 cm³/mol. The van der Waals surface area contributed by atoms with Gasteiger partial charge in [0.1, 0.15) is 28.5 Å². The van der Waals surface area contributed by atoms with Crippen molar-refractivity contribution in [3.8, 4) is 11.3 Å². The van der Waals surface area contributed by atoms with Gasteiger partial charge in [-0.05, 0) is 58.1 Å². The minimum Gasteiger partial charge on any atom is -0.444 e. The first kappa shape index (κ1) is 29.9. The van der Waals surface area contributed by atoms with E-state index < -0.39 is 29.1 Å². The van der Waals surface area contributed by atoms with E-state index in [9.17, 15) is 27.2 Å². The number of alkyl halides is 3. The number of anilines is 1. The molecule has 3 aromatic rings. The van der Waals surface area contributed by atoms with Crippen LogP contribution in [0.3, 0.4) is 0 Å². The summed E-state index contributed by atoms with van der Waals surface area (Å²) < 4.78 is 62.6. The van der Waals surface area contributed by atoms with Crippen LogP contribution in [0.2, 0.25) is 0 Å². The summed E-state index contributed by atoms with van der Waals surface area (Å²) in [4.78, 5) is 26.6. The summed E-state index contributed by atoms with van der Waals surface area (Å²) in [6.45, 7) is 6.02. The highest BCUT2D eigenvalue weighted by Gasteiger charge is 2.37. The number of rotatable bonds is 5. The smallest absolute Gasteiger partial charge is 0.419 e. The maximum atomic E-state index is 14.0. The van der Waals surface area contributed by atoms with Crippen molar-refractivity contribution in [3.63, 3.8) is 0 Å². The molecule has 1 aromatic carbocycles. The summed E-state index contributed by atoms with van der Waals surface area (Å²) >= 11 is 0. The molecule has 0 saturated carbocycles. The molecule has 1 fully saturated rings. The van der Waals surface area contributed by atoms with Crippen molar-refractivity contribution in [3.05, 3.63) is 53.1 Å². The summed E-state index contributed by atoms with van der Waals surface area (Å²) in [6, 6.07) is 2.94. The number of aromatic nitrogens is 4. The van der Waals surface area contributed by atoms with Crippen LogP contribution >= 0.6 is 0 Å². The number of likely N-dealkylation sites (tertiary alicyclic amines) is 1. The number of ether oxygens (including phenoxy) is 1. The van der Waals surface area contributed by atoms with Crippen molar-refractivity contribution in [1.29, 1.82) is 0 Å².